The molecule has 0 amide bonds. The zero-order valence-corrected chi connectivity index (χ0v) is 9.16. The Kier molecular flexibility index (Phi) is 5.10. The first kappa shape index (κ1) is 13.3. The first-order valence-corrected chi connectivity index (χ1v) is 4.79. The summed E-state index contributed by atoms with van der Waals surface area (Å²) in [6.45, 7) is -0.857. The van der Waals surface area contributed by atoms with Crippen LogP contribution in [-0.4, -0.2) is 68.2 Å². The average molecular weight is 236 g/mol. The molecule has 1 aliphatic heterocycles. The Morgan fingerprint density at radius 2 is 2.06 bits per heavy atom. The van der Waals surface area contributed by atoms with E-state index in [1.165, 1.54) is 14.2 Å². The number of aliphatic hydroxyl groups is 2. The Balaban J connectivity index is 2.47. The second-order valence-corrected chi connectivity index (χ2v) is 3.31. The Labute approximate surface area is 92.9 Å². The summed E-state index contributed by atoms with van der Waals surface area (Å²) in [6, 6.07) is 0. The minimum Gasteiger partial charge on any atom is -0.461 e. The Morgan fingerprint density at radius 3 is 2.50 bits per heavy atom. The summed E-state index contributed by atoms with van der Waals surface area (Å²) in [6.07, 6.45) is -2.98. The molecular formula is C9H16O7. The third-order valence-corrected chi connectivity index (χ3v) is 2.34. The number of hydrogen-bond donors (Lipinski definition) is 2. The summed E-state index contributed by atoms with van der Waals surface area (Å²) in [5, 5.41) is 18.2. The highest BCUT2D eigenvalue weighted by Gasteiger charge is 2.44. The molecule has 1 heterocycles. The van der Waals surface area contributed by atoms with Gasteiger partial charge in [-0.3, -0.25) is 0 Å². The zero-order chi connectivity index (χ0) is 12.1. The lowest BCUT2D eigenvalue weighted by atomic mass is 10.1. The van der Waals surface area contributed by atoms with Gasteiger partial charge in [0.2, 0.25) is 0 Å². The van der Waals surface area contributed by atoms with E-state index in [0.717, 1.165) is 0 Å². The van der Waals surface area contributed by atoms with Crippen molar-refractivity contribution >= 4 is 5.97 Å². The van der Waals surface area contributed by atoms with Crippen LogP contribution < -0.4 is 0 Å². The van der Waals surface area contributed by atoms with Crippen molar-refractivity contribution in [1.82, 2.24) is 0 Å². The smallest absolute Gasteiger partial charge is 0.331 e. The van der Waals surface area contributed by atoms with Gasteiger partial charge in [-0.25, -0.2) is 4.79 Å². The minimum absolute atomic E-state index is 0.152. The molecule has 4 atom stereocenters. The van der Waals surface area contributed by atoms with Crippen LogP contribution in [0.5, 0.6) is 0 Å². The van der Waals surface area contributed by atoms with Crippen LogP contribution in [0.2, 0.25) is 0 Å². The molecule has 0 saturated carbocycles. The summed E-state index contributed by atoms with van der Waals surface area (Å²) in [5.41, 5.74) is 0. The molecular weight excluding hydrogens is 220 g/mol. The van der Waals surface area contributed by atoms with E-state index in [1.807, 2.05) is 0 Å². The van der Waals surface area contributed by atoms with Crippen molar-refractivity contribution in [3.8, 4) is 0 Å². The molecule has 0 bridgehead atoms. The molecule has 7 heteroatoms. The number of carbonyl (C=O) groups is 1. The quantitative estimate of drug-likeness (QED) is 0.548. The normalized spacial score (nSPS) is 34.0. The van der Waals surface area contributed by atoms with E-state index in [9.17, 15) is 9.90 Å². The molecule has 0 aromatic rings. The van der Waals surface area contributed by atoms with Gasteiger partial charge in [0, 0.05) is 14.2 Å². The lowest BCUT2D eigenvalue weighted by Crippen LogP contribution is -2.36. The minimum atomic E-state index is -0.943. The van der Waals surface area contributed by atoms with Gasteiger partial charge in [0.15, 0.2) is 6.29 Å². The van der Waals surface area contributed by atoms with Crippen LogP contribution in [0.15, 0.2) is 0 Å². The number of carbonyl (C=O) groups excluding carboxylic acids is 1. The largest absolute Gasteiger partial charge is 0.461 e. The highest BCUT2D eigenvalue weighted by molar-refractivity contribution is 5.70. The number of methoxy groups -OCH3 is 2. The first-order valence-electron chi connectivity index (χ1n) is 4.79. The van der Waals surface area contributed by atoms with E-state index in [0.29, 0.717) is 0 Å². The topological polar surface area (TPSA) is 94.5 Å². The maximum absolute atomic E-state index is 10.7. The highest BCUT2D eigenvalue weighted by Crippen LogP contribution is 2.24. The summed E-state index contributed by atoms with van der Waals surface area (Å²) < 4.78 is 19.9. The van der Waals surface area contributed by atoms with Gasteiger partial charge >= 0.3 is 5.97 Å². The van der Waals surface area contributed by atoms with Crippen LogP contribution in [0.3, 0.4) is 0 Å². The van der Waals surface area contributed by atoms with Crippen LogP contribution in [0.4, 0.5) is 0 Å². The van der Waals surface area contributed by atoms with Gasteiger partial charge in [0.05, 0.1) is 0 Å². The molecule has 0 spiro atoms. The predicted molar refractivity (Wildman–Crippen MR) is 50.5 cm³/mol. The Hall–Kier alpha value is -0.730. The van der Waals surface area contributed by atoms with Crippen molar-refractivity contribution < 1.29 is 34.0 Å². The van der Waals surface area contributed by atoms with E-state index >= 15 is 0 Å². The van der Waals surface area contributed by atoms with Crippen molar-refractivity contribution in [3.05, 3.63) is 0 Å². The molecule has 1 saturated heterocycles. The van der Waals surface area contributed by atoms with Gasteiger partial charge in [0.25, 0.3) is 0 Å². The molecule has 7 nitrogen and oxygen atoms in total. The molecule has 0 aliphatic carbocycles. The fourth-order valence-electron chi connectivity index (χ4n) is 1.50. The summed E-state index contributed by atoms with van der Waals surface area (Å²) in [7, 11) is 2.84. The molecule has 1 unspecified atom stereocenters. The number of aliphatic hydroxyl groups excluding tert-OH is 2. The van der Waals surface area contributed by atoms with Gasteiger partial charge in [-0.2, -0.15) is 0 Å². The average Bonchev–Trinajstić information content (AvgIpc) is 2.62. The monoisotopic (exact) mass is 236 g/mol. The Morgan fingerprint density at radius 1 is 1.38 bits per heavy atom. The number of ether oxygens (including phenoxy) is 4. The molecule has 16 heavy (non-hydrogen) atoms. The number of esters is 1. The summed E-state index contributed by atoms with van der Waals surface area (Å²) >= 11 is 0. The first-order chi connectivity index (χ1) is 7.63. The van der Waals surface area contributed by atoms with E-state index in [-0.39, 0.29) is 6.61 Å². The zero-order valence-electron chi connectivity index (χ0n) is 9.16. The van der Waals surface area contributed by atoms with Gasteiger partial charge in [-0.1, -0.05) is 0 Å². The van der Waals surface area contributed by atoms with Crippen LogP contribution >= 0.6 is 0 Å². The van der Waals surface area contributed by atoms with E-state index < -0.39 is 37.2 Å². The van der Waals surface area contributed by atoms with Crippen molar-refractivity contribution in [2.75, 3.05) is 27.4 Å². The Bertz CT molecular complexity index is 232. The number of hydrogen-bond acceptors (Lipinski definition) is 7. The van der Waals surface area contributed by atoms with Gasteiger partial charge in [0.1, 0.15) is 31.5 Å². The fraction of sp³-hybridized carbons (Fsp3) is 0.889. The fourth-order valence-corrected chi connectivity index (χ4v) is 1.50. The van der Waals surface area contributed by atoms with Gasteiger partial charge in [-0.05, 0) is 0 Å². The van der Waals surface area contributed by atoms with E-state index in [2.05, 4.69) is 4.74 Å². The molecule has 1 fully saturated rings. The molecule has 94 valence electrons. The van der Waals surface area contributed by atoms with E-state index in [4.69, 9.17) is 19.3 Å². The molecule has 0 aromatic carbocycles. The second-order valence-electron chi connectivity index (χ2n) is 3.31. The molecule has 0 aromatic heterocycles. The second kappa shape index (κ2) is 6.12. The van der Waals surface area contributed by atoms with Crippen LogP contribution in [0.25, 0.3) is 0 Å². The predicted octanol–water partition coefficient (Wildman–Crippen LogP) is -1.73. The highest BCUT2D eigenvalue weighted by atomic mass is 16.7. The van der Waals surface area contributed by atoms with Gasteiger partial charge < -0.3 is 29.2 Å². The number of rotatable bonds is 5. The third-order valence-electron chi connectivity index (χ3n) is 2.34. The van der Waals surface area contributed by atoms with Gasteiger partial charge in [-0.15, -0.1) is 0 Å². The van der Waals surface area contributed by atoms with Crippen molar-refractivity contribution in [3.63, 3.8) is 0 Å². The lowest BCUT2D eigenvalue weighted by Gasteiger charge is -2.16. The van der Waals surface area contributed by atoms with Crippen LogP contribution in [0.1, 0.15) is 0 Å². The van der Waals surface area contributed by atoms with Crippen LogP contribution in [-0.2, 0) is 23.7 Å². The lowest BCUT2D eigenvalue weighted by molar-refractivity contribution is -0.169. The summed E-state index contributed by atoms with van der Waals surface area (Å²) in [4.78, 5) is 10.7. The standard InChI is InChI=1S/C9H16O7/c1-13-8-7(12)5(16-9(8)14-2)4-15-6(11)3-10/h5,7-10,12H,3-4H2,1-2H3/t5-,7-,8?,9+/m1/s1. The maximum Gasteiger partial charge on any atom is 0.331 e. The van der Waals surface area contributed by atoms with Crippen molar-refractivity contribution in [2.24, 2.45) is 0 Å². The third kappa shape index (κ3) is 2.89. The SMILES string of the molecule is COC1[C@@H](OC)O[C@H](COC(=O)CO)[C@H]1O. The summed E-state index contributed by atoms with van der Waals surface area (Å²) in [5.74, 6) is -0.773. The molecule has 0 radical (unpaired) electrons. The maximum atomic E-state index is 10.7. The van der Waals surface area contributed by atoms with Crippen molar-refractivity contribution in [2.45, 2.75) is 24.6 Å². The van der Waals surface area contributed by atoms with E-state index in [1.54, 1.807) is 0 Å². The van der Waals surface area contributed by atoms with Crippen molar-refractivity contribution in [1.29, 1.82) is 0 Å². The molecule has 1 rings (SSSR count). The van der Waals surface area contributed by atoms with Crippen LogP contribution in [0, 0.1) is 0 Å². The molecule has 2 N–H and O–H groups in total. The molecule has 1 aliphatic rings.